The van der Waals surface area contributed by atoms with Gasteiger partial charge in [0.1, 0.15) is 0 Å². The molecule has 1 heterocycles. The summed E-state index contributed by atoms with van der Waals surface area (Å²) in [4.78, 5) is 1.85. The normalized spacial score (nSPS) is 19.3. The second kappa shape index (κ2) is 6.57. The first kappa shape index (κ1) is 16.6. The minimum absolute atomic E-state index is 0.00896. The molecular weight excluding hydrogens is 345 g/mol. The van der Waals surface area contributed by atoms with E-state index in [-0.39, 0.29) is 17.8 Å². The van der Waals surface area contributed by atoms with E-state index in [2.05, 4.69) is 21.2 Å². The second-order valence-electron chi connectivity index (χ2n) is 5.70. The van der Waals surface area contributed by atoms with E-state index in [4.69, 9.17) is 0 Å². The summed E-state index contributed by atoms with van der Waals surface area (Å²) in [5.41, 5.74) is -0.321. The Balaban J connectivity index is 2.35. The Hall–Kier alpha value is -0.750. The monoisotopic (exact) mass is 364 g/mol. The SMILES string of the molecule is CC(C)N(CC1CCCN1)c1ccc(Br)cc1C(F)(F)F. The molecule has 0 radical (unpaired) electrons. The van der Waals surface area contributed by atoms with Crippen LogP contribution in [-0.2, 0) is 6.18 Å². The average Bonchev–Trinajstić information content (AvgIpc) is 2.88. The largest absolute Gasteiger partial charge is 0.418 e. The summed E-state index contributed by atoms with van der Waals surface area (Å²) in [6.07, 6.45) is -2.25. The third-order valence-corrected chi connectivity index (χ3v) is 4.27. The highest BCUT2D eigenvalue weighted by Crippen LogP contribution is 2.39. The summed E-state index contributed by atoms with van der Waals surface area (Å²) in [6, 6.07) is 4.66. The summed E-state index contributed by atoms with van der Waals surface area (Å²) in [5, 5.41) is 3.35. The Morgan fingerprint density at radius 3 is 2.62 bits per heavy atom. The number of anilines is 1. The molecule has 0 amide bonds. The number of hydrogen-bond acceptors (Lipinski definition) is 2. The average molecular weight is 365 g/mol. The van der Waals surface area contributed by atoms with Crippen molar-refractivity contribution in [2.45, 2.75) is 44.9 Å². The van der Waals surface area contributed by atoms with Gasteiger partial charge in [0, 0.05) is 28.8 Å². The van der Waals surface area contributed by atoms with Crippen LogP contribution in [0.25, 0.3) is 0 Å². The molecule has 2 rings (SSSR count). The van der Waals surface area contributed by atoms with Crippen molar-refractivity contribution in [3.05, 3.63) is 28.2 Å². The van der Waals surface area contributed by atoms with E-state index in [1.807, 2.05) is 18.7 Å². The molecular formula is C15H20BrF3N2. The highest BCUT2D eigenvalue weighted by molar-refractivity contribution is 9.10. The van der Waals surface area contributed by atoms with Gasteiger partial charge in [0.05, 0.1) is 5.56 Å². The lowest BCUT2D eigenvalue weighted by molar-refractivity contribution is -0.137. The zero-order valence-corrected chi connectivity index (χ0v) is 13.8. The Morgan fingerprint density at radius 1 is 1.38 bits per heavy atom. The minimum atomic E-state index is -4.35. The number of alkyl halides is 3. The number of halogens is 4. The molecule has 1 aromatic rings. The fourth-order valence-electron chi connectivity index (χ4n) is 2.72. The van der Waals surface area contributed by atoms with Gasteiger partial charge in [-0.15, -0.1) is 0 Å². The van der Waals surface area contributed by atoms with Crippen LogP contribution < -0.4 is 10.2 Å². The summed E-state index contributed by atoms with van der Waals surface area (Å²) in [6.45, 7) is 5.40. The van der Waals surface area contributed by atoms with Crippen LogP contribution in [0.4, 0.5) is 18.9 Å². The lowest BCUT2D eigenvalue weighted by Crippen LogP contribution is -2.42. The lowest BCUT2D eigenvalue weighted by atomic mass is 10.1. The molecule has 21 heavy (non-hydrogen) atoms. The zero-order chi connectivity index (χ0) is 15.6. The predicted octanol–water partition coefficient (Wildman–Crippen LogP) is 4.43. The number of rotatable bonds is 4. The fraction of sp³-hybridized carbons (Fsp3) is 0.600. The third-order valence-electron chi connectivity index (χ3n) is 3.78. The Morgan fingerprint density at radius 2 is 2.10 bits per heavy atom. The van der Waals surface area contributed by atoms with Crippen molar-refractivity contribution >= 4 is 21.6 Å². The van der Waals surface area contributed by atoms with Crippen LogP contribution >= 0.6 is 15.9 Å². The van der Waals surface area contributed by atoms with E-state index >= 15 is 0 Å². The highest BCUT2D eigenvalue weighted by atomic mass is 79.9. The van der Waals surface area contributed by atoms with Gasteiger partial charge in [-0.25, -0.2) is 0 Å². The first-order valence-electron chi connectivity index (χ1n) is 7.16. The van der Waals surface area contributed by atoms with Crippen molar-refractivity contribution in [3.8, 4) is 0 Å². The van der Waals surface area contributed by atoms with Crippen LogP contribution in [0.5, 0.6) is 0 Å². The smallest absolute Gasteiger partial charge is 0.367 e. The topological polar surface area (TPSA) is 15.3 Å². The van der Waals surface area contributed by atoms with E-state index in [0.717, 1.165) is 25.5 Å². The van der Waals surface area contributed by atoms with Crippen molar-refractivity contribution in [1.29, 1.82) is 0 Å². The predicted molar refractivity (Wildman–Crippen MR) is 82.7 cm³/mol. The van der Waals surface area contributed by atoms with Gasteiger partial charge in [0.2, 0.25) is 0 Å². The van der Waals surface area contributed by atoms with Gasteiger partial charge in [0.15, 0.2) is 0 Å². The third kappa shape index (κ3) is 4.13. The van der Waals surface area contributed by atoms with Crippen LogP contribution in [0.15, 0.2) is 22.7 Å². The Bertz CT molecular complexity index is 482. The first-order chi connectivity index (χ1) is 9.79. The molecule has 1 aliphatic heterocycles. The number of hydrogen-bond donors (Lipinski definition) is 1. The summed E-state index contributed by atoms with van der Waals surface area (Å²) >= 11 is 3.13. The van der Waals surface area contributed by atoms with Crippen LogP contribution in [-0.4, -0.2) is 25.2 Å². The van der Waals surface area contributed by atoms with Crippen LogP contribution in [0.1, 0.15) is 32.3 Å². The van der Waals surface area contributed by atoms with Crippen molar-refractivity contribution in [3.63, 3.8) is 0 Å². The number of benzene rings is 1. The standard InChI is InChI=1S/C15H20BrF3N2/c1-10(2)21(9-12-4-3-7-20-12)14-6-5-11(16)8-13(14)15(17,18)19/h5-6,8,10,12,20H,3-4,7,9H2,1-2H3. The molecule has 0 aromatic heterocycles. The molecule has 118 valence electrons. The number of nitrogens with zero attached hydrogens (tertiary/aromatic N) is 1. The van der Waals surface area contributed by atoms with E-state index in [9.17, 15) is 13.2 Å². The van der Waals surface area contributed by atoms with Gasteiger partial charge >= 0.3 is 6.18 Å². The first-order valence-corrected chi connectivity index (χ1v) is 7.95. The highest BCUT2D eigenvalue weighted by Gasteiger charge is 2.36. The van der Waals surface area contributed by atoms with E-state index in [1.165, 1.54) is 0 Å². The molecule has 0 saturated carbocycles. The molecule has 1 N–H and O–H groups in total. The second-order valence-corrected chi connectivity index (χ2v) is 6.61. The van der Waals surface area contributed by atoms with Gasteiger partial charge in [-0.1, -0.05) is 15.9 Å². The van der Waals surface area contributed by atoms with E-state index < -0.39 is 11.7 Å². The van der Waals surface area contributed by atoms with Crippen molar-refractivity contribution in [2.24, 2.45) is 0 Å². The maximum absolute atomic E-state index is 13.3. The Kier molecular flexibility index (Phi) is 5.20. The van der Waals surface area contributed by atoms with Crippen LogP contribution in [0.2, 0.25) is 0 Å². The van der Waals surface area contributed by atoms with Gasteiger partial charge in [-0.05, 0) is 51.4 Å². The Labute approximate surface area is 131 Å². The molecule has 6 heteroatoms. The maximum Gasteiger partial charge on any atom is 0.418 e. The quantitative estimate of drug-likeness (QED) is 0.849. The lowest BCUT2D eigenvalue weighted by Gasteiger charge is -2.33. The molecule has 0 spiro atoms. The van der Waals surface area contributed by atoms with Crippen molar-refractivity contribution in [1.82, 2.24) is 5.32 Å². The molecule has 1 aliphatic rings. The van der Waals surface area contributed by atoms with Gasteiger partial charge in [-0.3, -0.25) is 0 Å². The molecule has 1 aromatic carbocycles. The van der Waals surface area contributed by atoms with E-state index in [0.29, 0.717) is 11.0 Å². The van der Waals surface area contributed by atoms with Crippen LogP contribution in [0.3, 0.4) is 0 Å². The summed E-state index contributed by atoms with van der Waals surface area (Å²) < 4.78 is 40.4. The molecule has 0 aliphatic carbocycles. The molecule has 1 fully saturated rings. The number of nitrogens with one attached hydrogen (secondary N) is 1. The van der Waals surface area contributed by atoms with Crippen molar-refractivity contribution in [2.75, 3.05) is 18.0 Å². The van der Waals surface area contributed by atoms with E-state index in [1.54, 1.807) is 12.1 Å². The molecule has 0 bridgehead atoms. The van der Waals surface area contributed by atoms with Crippen molar-refractivity contribution < 1.29 is 13.2 Å². The fourth-order valence-corrected chi connectivity index (χ4v) is 3.08. The zero-order valence-electron chi connectivity index (χ0n) is 12.2. The molecule has 1 unspecified atom stereocenters. The molecule has 1 atom stereocenters. The van der Waals surface area contributed by atoms with Crippen LogP contribution in [0, 0.1) is 0 Å². The summed E-state index contributed by atoms with van der Waals surface area (Å²) in [5.74, 6) is 0. The molecule has 1 saturated heterocycles. The van der Waals surface area contributed by atoms with Gasteiger partial charge in [0.25, 0.3) is 0 Å². The van der Waals surface area contributed by atoms with Gasteiger partial charge < -0.3 is 10.2 Å². The molecule has 2 nitrogen and oxygen atoms in total. The maximum atomic E-state index is 13.3. The summed E-state index contributed by atoms with van der Waals surface area (Å²) in [7, 11) is 0. The van der Waals surface area contributed by atoms with Gasteiger partial charge in [-0.2, -0.15) is 13.2 Å². The minimum Gasteiger partial charge on any atom is -0.367 e.